The van der Waals surface area contributed by atoms with Crippen LogP contribution in [0, 0.1) is 0 Å². The van der Waals surface area contributed by atoms with E-state index >= 15 is 0 Å². The number of benzene rings is 1. The lowest BCUT2D eigenvalue weighted by atomic mass is 10.0. The van der Waals surface area contributed by atoms with Crippen LogP contribution in [0.1, 0.15) is 33.6 Å². The van der Waals surface area contributed by atoms with Gasteiger partial charge in [-0.2, -0.15) is 8.42 Å². The molecule has 0 saturated carbocycles. The molecule has 1 aromatic rings. The van der Waals surface area contributed by atoms with Crippen molar-refractivity contribution in [2.75, 3.05) is 64.2 Å². The number of hydrogen-bond acceptors (Lipinski definition) is 11. The number of hydrogen-bond donors (Lipinski definition) is 2. The molecule has 13 nitrogen and oxygen atoms in total. The van der Waals surface area contributed by atoms with Gasteiger partial charge in [-0.25, -0.2) is 0 Å². The van der Waals surface area contributed by atoms with Crippen LogP contribution in [0.15, 0.2) is 18.2 Å². The molecule has 202 valence electrons. The van der Waals surface area contributed by atoms with Crippen molar-refractivity contribution < 1.29 is 41.3 Å². The number of carbonyl (C=O) groups is 4. The third-order valence-corrected chi connectivity index (χ3v) is 6.83. The number of likely N-dealkylation sites (tertiary alicyclic amines) is 1. The standard InChI is InChI=1S/C23H30N4O9S/c1-37(32,33)36-12-11-35-10-9-34-8-7-26-13-15(14-26)24-17-4-2-3-16-20(17)23(31)27(22(16)30)18-5-6-19(28)25-21(18)29/h2-4,15,18,24H,5-14H2,1H3,(H,25,28,29). The maximum atomic E-state index is 13.2. The minimum absolute atomic E-state index is 0.0274. The summed E-state index contributed by atoms with van der Waals surface area (Å²) in [5.41, 5.74) is 1.04. The van der Waals surface area contributed by atoms with Gasteiger partial charge in [-0.3, -0.25) is 38.5 Å². The number of fused-ring (bicyclic) bond motifs is 1. The molecule has 0 bridgehead atoms. The summed E-state index contributed by atoms with van der Waals surface area (Å²) in [7, 11) is -3.46. The molecule has 3 aliphatic heterocycles. The summed E-state index contributed by atoms with van der Waals surface area (Å²) >= 11 is 0. The highest BCUT2D eigenvalue weighted by Crippen LogP contribution is 2.33. The molecule has 0 aromatic heterocycles. The molecule has 14 heteroatoms. The smallest absolute Gasteiger partial charge is 0.264 e. The van der Waals surface area contributed by atoms with Crippen LogP contribution in [0.3, 0.4) is 0 Å². The highest BCUT2D eigenvalue weighted by molar-refractivity contribution is 7.85. The van der Waals surface area contributed by atoms with Crippen molar-refractivity contribution in [2.24, 2.45) is 0 Å². The van der Waals surface area contributed by atoms with E-state index < -0.39 is 39.8 Å². The summed E-state index contributed by atoms with van der Waals surface area (Å²) in [6.45, 7) is 3.52. The van der Waals surface area contributed by atoms with E-state index in [1.54, 1.807) is 18.2 Å². The predicted octanol–water partition coefficient (Wildman–Crippen LogP) is -0.807. The Bertz CT molecular complexity index is 1170. The number of ether oxygens (including phenoxy) is 2. The van der Waals surface area contributed by atoms with Crippen LogP contribution in [0.2, 0.25) is 0 Å². The van der Waals surface area contributed by atoms with Gasteiger partial charge < -0.3 is 14.8 Å². The molecule has 0 aliphatic carbocycles. The summed E-state index contributed by atoms with van der Waals surface area (Å²) in [5.74, 6) is -2.11. The maximum absolute atomic E-state index is 13.2. The highest BCUT2D eigenvalue weighted by atomic mass is 32.2. The average Bonchev–Trinajstić information content (AvgIpc) is 3.06. The zero-order chi connectivity index (χ0) is 26.6. The van der Waals surface area contributed by atoms with E-state index in [0.29, 0.717) is 32.1 Å². The van der Waals surface area contributed by atoms with Crippen molar-refractivity contribution in [1.29, 1.82) is 0 Å². The number of anilines is 1. The molecule has 3 heterocycles. The maximum Gasteiger partial charge on any atom is 0.264 e. The number of rotatable bonds is 13. The average molecular weight is 539 g/mol. The second-order valence-electron chi connectivity index (χ2n) is 9.03. The van der Waals surface area contributed by atoms with Crippen molar-refractivity contribution in [3.8, 4) is 0 Å². The van der Waals surface area contributed by atoms with Crippen LogP contribution in [-0.4, -0.2) is 113 Å². The van der Waals surface area contributed by atoms with Crippen molar-refractivity contribution in [3.05, 3.63) is 29.3 Å². The second kappa shape index (κ2) is 11.6. The fourth-order valence-corrected chi connectivity index (χ4v) is 4.83. The first-order valence-corrected chi connectivity index (χ1v) is 13.8. The van der Waals surface area contributed by atoms with Crippen LogP contribution in [0.5, 0.6) is 0 Å². The zero-order valence-corrected chi connectivity index (χ0v) is 21.3. The molecular formula is C23H30N4O9S. The molecule has 37 heavy (non-hydrogen) atoms. The normalized spacial score (nSPS) is 20.7. The first kappa shape index (κ1) is 27.1. The lowest BCUT2D eigenvalue weighted by molar-refractivity contribution is -0.136. The van der Waals surface area contributed by atoms with E-state index in [-0.39, 0.29) is 43.2 Å². The molecule has 2 N–H and O–H groups in total. The van der Waals surface area contributed by atoms with Gasteiger partial charge in [0, 0.05) is 31.7 Å². The fourth-order valence-electron chi connectivity index (χ4n) is 4.46. The third-order valence-electron chi connectivity index (χ3n) is 6.23. The van der Waals surface area contributed by atoms with Gasteiger partial charge in [0.05, 0.1) is 56.5 Å². The van der Waals surface area contributed by atoms with E-state index in [1.807, 2.05) is 0 Å². The molecule has 0 spiro atoms. The van der Waals surface area contributed by atoms with E-state index in [2.05, 4.69) is 19.7 Å². The molecule has 3 aliphatic rings. The van der Waals surface area contributed by atoms with Crippen LogP contribution < -0.4 is 10.6 Å². The fraction of sp³-hybridized carbons (Fsp3) is 0.565. The molecule has 2 saturated heterocycles. The van der Waals surface area contributed by atoms with Crippen molar-refractivity contribution in [3.63, 3.8) is 0 Å². The van der Waals surface area contributed by atoms with Gasteiger partial charge >= 0.3 is 0 Å². The number of nitrogens with zero attached hydrogens (tertiary/aromatic N) is 2. The second-order valence-corrected chi connectivity index (χ2v) is 10.7. The van der Waals surface area contributed by atoms with Gasteiger partial charge in [-0.05, 0) is 18.6 Å². The number of imide groups is 2. The Morgan fingerprint density at radius 1 is 1.00 bits per heavy atom. The summed E-state index contributed by atoms with van der Waals surface area (Å²) < 4.78 is 37.0. The Labute approximate surface area is 214 Å². The molecule has 1 atom stereocenters. The van der Waals surface area contributed by atoms with E-state index in [1.165, 1.54) is 0 Å². The van der Waals surface area contributed by atoms with Crippen LogP contribution >= 0.6 is 0 Å². The number of carbonyl (C=O) groups excluding carboxylic acids is 4. The summed E-state index contributed by atoms with van der Waals surface area (Å²) in [5, 5.41) is 5.53. The van der Waals surface area contributed by atoms with Crippen molar-refractivity contribution >= 4 is 39.4 Å². The molecule has 4 rings (SSSR count). The van der Waals surface area contributed by atoms with Crippen LogP contribution in [0.25, 0.3) is 0 Å². The van der Waals surface area contributed by atoms with E-state index in [9.17, 15) is 27.6 Å². The molecular weight excluding hydrogens is 508 g/mol. The largest absolute Gasteiger partial charge is 0.379 e. The van der Waals surface area contributed by atoms with Gasteiger partial charge in [0.25, 0.3) is 21.9 Å². The van der Waals surface area contributed by atoms with Gasteiger partial charge in [-0.1, -0.05) is 6.07 Å². The third kappa shape index (κ3) is 6.70. The summed E-state index contributed by atoms with van der Waals surface area (Å²) in [6, 6.07) is 4.09. The molecule has 0 radical (unpaired) electrons. The van der Waals surface area contributed by atoms with Crippen LogP contribution in [0.4, 0.5) is 5.69 Å². The van der Waals surface area contributed by atoms with E-state index in [4.69, 9.17) is 9.47 Å². The Morgan fingerprint density at radius 3 is 2.41 bits per heavy atom. The quantitative estimate of drug-likeness (QED) is 0.184. The first-order chi connectivity index (χ1) is 17.6. The Hall–Kier alpha value is -2.91. The minimum atomic E-state index is -3.46. The lowest BCUT2D eigenvalue weighted by Crippen LogP contribution is -2.55. The van der Waals surface area contributed by atoms with Crippen LogP contribution in [-0.2, 0) is 33.4 Å². The lowest BCUT2D eigenvalue weighted by Gasteiger charge is -2.40. The topological polar surface area (TPSA) is 161 Å². The molecule has 4 amide bonds. The van der Waals surface area contributed by atoms with Gasteiger partial charge in [0.2, 0.25) is 11.8 Å². The van der Waals surface area contributed by atoms with E-state index in [0.717, 1.165) is 24.2 Å². The Morgan fingerprint density at radius 2 is 1.70 bits per heavy atom. The minimum Gasteiger partial charge on any atom is -0.379 e. The Kier molecular flexibility index (Phi) is 8.54. The van der Waals surface area contributed by atoms with Gasteiger partial charge in [-0.15, -0.1) is 0 Å². The number of piperidine rings is 1. The summed E-state index contributed by atoms with van der Waals surface area (Å²) in [4.78, 5) is 53.0. The van der Waals surface area contributed by atoms with Crippen molar-refractivity contribution in [2.45, 2.75) is 24.9 Å². The van der Waals surface area contributed by atoms with Crippen molar-refractivity contribution in [1.82, 2.24) is 15.1 Å². The SMILES string of the molecule is CS(=O)(=O)OCCOCCOCCN1CC(Nc2cccc3c2C(=O)N(C2CCC(=O)NC2=O)C3=O)C1. The number of nitrogens with one attached hydrogen (secondary N) is 2. The Balaban J connectivity index is 1.18. The van der Waals surface area contributed by atoms with Gasteiger partial charge in [0.15, 0.2) is 0 Å². The number of amides is 4. The van der Waals surface area contributed by atoms with Gasteiger partial charge in [0.1, 0.15) is 6.04 Å². The summed E-state index contributed by atoms with van der Waals surface area (Å²) in [6.07, 6.45) is 1.17. The predicted molar refractivity (Wildman–Crippen MR) is 129 cm³/mol. The highest BCUT2D eigenvalue weighted by Gasteiger charge is 2.46. The monoisotopic (exact) mass is 538 g/mol. The zero-order valence-electron chi connectivity index (χ0n) is 20.4. The molecule has 1 unspecified atom stereocenters. The first-order valence-electron chi connectivity index (χ1n) is 12.0. The molecule has 1 aromatic carbocycles. The molecule has 2 fully saturated rings.